The van der Waals surface area contributed by atoms with E-state index in [0.29, 0.717) is 11.5 Å². The number of hydrogen-bond acceptors (Lipinski definition) is 4. The molecule has 1 N–H and O–H groups in total. The summed E-state index contributed by atoms with van der Waals surface area (Å²) in [5.41, 5.74) is 1.29. The Morgan fingerprint density at radius 1 is 1.43 bits per heavy atom. The van der Waals surface area contributed by atoms with Crippen LogP contribution in [-0.4, -0.2) is 40.3 Å². The molecule has 1 aliphatic heterocycles. The van der Waals surface area contributed by atoms with E-state index in [1.165, 1.54) is 0 Å². The summed E-state index contributed by atoms with van der Waals surface area (Å²) in [6.45, 7) is 1.69. The van der Waals surface area contributed by atoms with Crippen LogP contribution in [0.5, 0.6) is 0 Å². The van der Waals surface area contributed by atoms with Gasteiger partial charge in [-0.25, -0.2) is 0 Å². The van der Waals surface area contributed by atoms with E-state index in [2.05, 4.69) is 21.4 Å². The molecular formula is C15H16N4O2. The fourth-order valence-electron chi connectivity index (χ4n) is 2.51. The normalized spacial score (nSPS) is 15.8. The first-order chi connectivity index (χ1) is 10.3. The zero-order valence-corrected chi connectivity index (χ0v) is 11.6. The van der Waals surface area contributed by atoms with Crippen LogP contribution in [0.25, 0.3) is 5.65 Å². The number of amides is 1. The third kappa shape index (κ3) is 2.73. The number of pyridine rings is 1. The van der Waals surface area contributed by atoms with Crippen LogP contribution in [0.3, 0.4) is 0 Å². The van der Waals surface area contributed by atoms with E-state index in [1.807, 2.05) is 4.40 Å². The van der Waals surface area contributed by atoms with Crippen LogP contribution in [0.2, 0.25) is 0 Å². The summed E-state index contributed by atoms with van der Waals surface area (Å²) in [4.78, 5) is 12.0. The molecule has 0 unspecified atom stereocenters. The third-order valence-electron chi connectivity index (χ3n) is 3.63. The Morgan fingerprint density at radius 2 is 2.24 bits per heavy atom. The lowest BCUT2D eigenvalue weighted by Gasteiger charge is -2.20. The van der Waals surface area contributed by atoms with E-state index in [0.717, 1.165) is 37.5 Å². The van der Waals surface area contributed by atoms with Crippen LogP contribution in [-0.2, 0) is 4.74 Å². The first-order valence-electron chi connectivity index (χ1n) is 6.93. The van der Waals surface area contributed by atoms with Crippen molar-refractivity contribution in [2.24, 2.45) is 0 Å². The summed E-state index contributed by atoms with van der Waals surface area (Å²) in [6, 6.07) is 3.52. The zero-order valence-electron chi connectivity index (χ0n) is 11.6. The van der Waals surface area contributed by atoms with Crippen LogP contribution in [0.4, 0.5) is 0 Å². The summed E-state index contributed by atoms with van der Waals surface area (Å²) in [7, 11) is 0. The van der Waals surface area contributed by atoms with Gasteiger partial charge in [-0.15, -0.1) is 16.6 Å². The van der Waals surface area contributed by atoms with Gasteiger partial charge in [-0.3, -0.25) is 9.20 Å². The SMILES string of the molecule is C#CCNC(=O)c1ccc2nnc(C3CCOCC3)n2c1. The Labute approximate surface area is 122 Å². The fraction of sp³-hybridized carbons (Fsp3) is 0.400. The fourth-order valence-corrected chi connectivity index (χ4v) is 2.51. The van der Waals surface area contributed by atoms with E-state index in [1.54, 1.807) is 18.3 Å². The monoisotopic (exact) mass is 284 g/mol. The molecule has 2 aromatic rings. The molecule has 0 bridgehead atoms. The summed E-state index contributed by atoms with van der Waals surface area (Å²) in [5, 5.41) is 11.1. The highest BCUT2D eigenvalue weighted by molar-refractivity contribution is 5.94. The second kappa shape index (κ2) is 5.94. The van der Waals surface area contributed by atoms with Crippen molar-refractivity contribution in [1.29, 1.82) is 0 Å². The van der Waals surface area contributed by atoms with Gasteiger partial charge >= 0.3 is 0 Å². The van der Waals surface area contributed by atoms with E-state index < -0.39 is 0 Å². The lowest BCUT2D eigenvalue weighted by molar-refractivity contribution is 0.0833. The maximum atomic E-state index is 12.0. The van der Waals surface area contributed by atoms with Crippen molar-refractivity contribution in [3.05, 3.63) is 29.7 Å². The molecule has 1 aliphatic rings. The third-order valence-corrected chi connectivity index (χ3v) is 3.63. The number of terminal acetylenes is 1. The van der Waals surface area contributed by atoms with Crippen LogP contribution in [0.1, 0.15) is 34.9 Å². The van der Waals surface area contributed by atoms with Gasteiger partial charge < -0.3 is 10.1 Å². The smallest absolute Gasteiger partial charge is 0.253 e. The lowest BCUT2D eigenvalue weighted by Crippen LogP contribution is -2.24. The number of carbonyl (C=O) groups is 1. The van der Waals surface area contributed by atoms with Crippen molar-refractivity contribution in [1.82, 2.24) is 19.9 Å². The maximum Gasteiger partial charge on any atom is 0.253 e. The van der Waals surface area contributed by atoms with Crippen LogP contribution < -0.4 is 5.32 Å². The Balaban J connectivity index is 1.92. The second-order valence-corrected chi connectivity index (χ2v) is 4.98. The van der Waals surface area contributed by atoms with Crippen LogP contribution >= 0.6 is 0 Å². The first kappa shape index (κ1) is 13.6. The van der Waals surface area contributed by atoms with Gasteiger partial charge in [0.2, 0.25) is 0 Å². The Hall–Kier alpha value is -2.39. The van der Waals surface area contributed by atoms with Crippen LogP contribution in [0, 0.1) is 12.3 Å². The molecule has 1 saturated heterocycles. The molecule has 0 aromatic carbocycles. The predicted molar refractivity (Wildman–Crippen MR) is 76.9 cm³/mol. The van der Waals surface area contributed by atoms with Gasteiger partial charge in [-0.2, -0.15) is 0 Å². The standard InChI is InChI=1S/C15H16N4O2/c1-2-7-16-15(20)12-3-4-13-17-18-14(19(13)10-12)11-5-8-21-9-6-11/h1,3-4,10-11H,5-9H2,(H,16,20). The molecule has 0 aliphatic carbocycles. The number of nitrogens with one attached hydrogen (secondary N) is 1. The number of carbonyl (C=O) groups excluding carboxylic acids is 1. The molecular weight excluding hydrogens is 268 g/mol. The molecule has 3 heterocycles. The van der Waals surface area contributed by atoms with Crippen molar-refractivity contribution < 1.29 is 9.53 Å². The molecule has 6 heteroatoms. The Kier molecular flexibility index (Phi) is 3.84. The van der Waals surface area contributed by atoms with Crippen molar-refractivity contribution in [2.45, 2.75) is 18.8 Å². The zero-order chi connectivity index (χ0) is 14.7. The molecule has 0 atom stereocenters. The molecule has 1 fully saturated rings. The minimum atomic E-state index is -0.193. The molecule has 0 spiro atoms. The maximum absolute atomic E-state index is 12.0. The summed E-state index contributed by atoms with van der Waals surface area (Å²) >= 11 is 0. The molecule has 21 heavy (non-hydrogen) atoms. The van der Waals surface area contributed by atoms with E-state index in [-0.39, 0.29) is 12.5 Å². The van der Waals surface area contributed by atoms with Gasteiger partial charge in [0.05, 0.1) is 12.1 Å². The average molecular weight is 284 g/mol. The highest BCUT2D eigenvalue weighted by Gasteiger charge is 2.21. The van der Waals surface area contributed by atoms with Crippen molar-refractivity contribution in [3.8, 4) is 12.3 Å². The van der Waals surface area contributed by atoms with E-state index in [4.69, 9.17) is 11.2 Å². The van der Waals surface area contributed by atoms with Crippen LogP contribution in [0.15, 0.2) is 18.3 Å². The summed E-state index contributed by atoms with van der Waals surface area (Å²) in [6.07, 6.45) is 8.77. The molecule has 3 rings (SSSR count). The van der Waals surface area contributed by atoms with Crippen molar-refractivity contribution in [2.75, 3.05) is 19.8 Å². The number of hydrogen-bond donors (Lipinski definition) is 1. The number of fused-ring (bicyclic) bond motifs is 1. The van der Waals surface area contributed by atoms with Gasteiger partial charge in [-0.05, 0) is 25.0 Å². The summed E-state index contributed by atoms with van der Waals surface area (Å²) in [5.74, 6) is 3.40. The van der Waals surface area contributed by atoms with Gasteiger partial charge in [0.1, 0.15) is 5.82 Å². The van der Waals surface area contributed by atoms with Crippen molar-refractivity contribution >= 4 is 11.6 Å². The van der Waals surface area contributed by atoms with Gasteiger partial charge in [0, 0.05) is 25.3 Å². The molecule has 108 valence electrons. The molecule has 0 radical (unpaired) electrons. The largest absolute Gasteiger partial charge is 0.381 e. The molecule has 2 aromatic heterocycles. The lowest BCUT2D eigenvalue weighted by atomic mass is 9.99. The molecule has 6 nitrogen and oxygen atoms in total. The number of nitrogens with zero attached hydrogens (tertiary/aromatic N) is 3. The minimum absolute atomic E-state index is 0.193. The van der Waals surface area contributed by atoms with Crippen molar-refractivity contribution in [3.63, 3.8) is 0 Å². The average Bonchev–Trinajstić information content (AvgIpc) is 2.96. The Morgan fingerprint density at radius 3 is 3.00 bits per heavy atom. The number of aromatic nitrogens is 3. The number of ether oxygens (including phenoxy) is 1. The number of rotatable bonds is 3. The van der Waals surface area contributed by atoms with E-state index >= 15 is 0 Å². The second-order valence-electron chi connectivity index (χ2n) is 4.98. The first-order valence-corrected chi connectivity index (χ1v) is 6.93. The highest BCUT2D eigenvalue weighted by Crippen LogP contribution is 2.25. The molecule has 0 saturated carbocycles. The Bertz CT molecular complexity index is 695. The predicted octanol–water partition coefficient (Wildman–Crippen LogP) is 0.986. The minimum Gasteiger partial charge on any atom is -0.381 e. The highest BCUT2D eigenvalue weighted by atomic mass is 16.5. The van der Waals surface area contributed by atoms with Gasteiger partial charge in [0.25, 0.3) is 5.91 Å². The van der Waals surface area contributed by atoms with Gasteiger partial charge in [0.15, 0.2) is 5.65 Å². The molecule has 1 amide bonds. The van der Waals surface area contributed by atoms with E-state index in [9.17, 15) is 4.79 Å². The van der Waals surface area contributed by atoms with Gasteiger partial charge in [-0.1, -0.05) is 5.92 Å². The summed E-state index contributed by atoms with van der Waals surface area (Å²) < 4.78 is 7.27. The topological polar surface area (TPSA) is 68.5 Å². The quantitative estimate of drug-likeness (QED) is 0.853.